The predicted octanol–water partition coefficient (Wildman–Crippen LogP) is 1.52. The van der Waals surface area contributed by atoms with E-state index >= 15 is 0 Å². The first-order valence-corrected chi connectivity index (χ1v) is 6.23. The average molecular weight is 251 g/mol. The van der Waals surface area contributed by atoms with Crippen LogP contribution in [0.5, 0.6) is 0 Å². The Balaban J connectivity index is 0.000000357. The molecule has 4 nitrogen and oxygen atoms in total. The number of carbonyl (C=O) groups is 1. The number of rotatable bonds is 3. The molecule has 0 unspecified atom stereocenters. The number of nitrogens with zero attached hydrogens (tertiary/aromatic N) is 1. The summed E-state index contributed by atoms with van der Waals surface area (Å²) in [6.45, 7) is 4.59. The summed E-state index contributed by atoms with van der Waals surface area (Å²) in [4.78, 5) is 11.4. The number of hydrogen-bond donors (Lipinski definition) is 2. The van der Waals surface area contributed by atoms with Crippen LogP contribution in [0.15, 0.2) is 24.3 Å². The molecule has 18 heavy (non-hydrogen) atoms. The highest BCUT2D eigenvalue weighted by Crippen LogP contribution is 2.18. The number of aliphatic carboxylic acids is 1. The first-order valence-electron chi connectivity index (χ1n) is 6.23. The van der Waals surface area contributed by atoms with E-state index in [1.807, 2.05) is 0 Å². The van der Waals surface area contributed by atoms with Gasteiger partial charge in [0.25, 0.3) is 5.97 Å². The fourth-order valence-corrected chi connectivity index (χ4v) is 2.04. The molecule has 0 fully saturated rings. The molecule has 2 N–H and O–H groups in total. The zero-order chi connectivity index (χ0) is 13.4. The standard InChI is InChI=1S/C12H17NO.C2H4O2/c14-9-3-7-13-8-6-11-4-1-2-5-12(11)10-13;1-2(3)4/h1-2,4-5,14H,3,6-10H2;1H3,(H,3,4). The van der Waals surface area contributed by atoms with Crippen molar-refractivity contribution in [3.63, 3.8) is 0 Å². The molecule has 0 radical (unpaired) electrons. The van der Waals surface area contributed by atoms with Crippen LogP contribution in [-0.2, 0) is 17.8 Å². The zero-order valence-electron chi connectivity index (χ0n) is 10.8. The van der Waals surface area contributed by atoms with Crippen molar-refractivity contribution in [2.24, 2.45) is 0 Å². The van der Waals surface area contributed by atoms with Gasteiger partial charge in [0.1, 0.15) is 0 Å². The van der Waals surface area contributed by atoms with Crippen molar-refractivity contribution in [1.82, 2.24) is 4.90 Å². The van der Waals surface area contributed by atoms with Crippen molar-refractivity contribution in [3.05, 3.63) is 35.4 Å². The largest absolute Gasteiger partial charge is 0.481 e. The Bertz CT molecular complexity index is 375. The molecule has 1 aromatic carbocycles. The van der Waals surface area contributed by atoms with Gasteiger partial charge in [0.2, 0.25) is 0 Å². The van der Waals surface area contributed by atoms with Crippen molar-refractivity contribution in [3.8, 4) is 0 Å². The Morgan fingerprint density at radius 2 is 1.94 bits per heavy atom. The lowest BCUT2D eigenvalue weighted by Crippen LogP contribution is -2.31. The molecule has 1 aliphatic rings. The second-order valence-electron chi connectivity index (χ2n) is 4.39. The summed E-state index contributed by atoms with van der Waals surface area (Å²) >= 11 is 0. The van der Waals surface area contributed by atoms with Gasteiger partial charge in [-0.3, -0.25) is 9.69 Å². The number of aliphatic hydroxyl groups is 1. The van der Waals surface area contributed by atoms with E-state index in [1.165, 1.54) is 11.1 Å². The first kappa shape index (κ1) is 14.7. The van der Waals surface area contributed by atoms with Gasteiger partial charge in [0.05, 0.1) is 0 Å². The van der Waals surface area contributed by atoms with E-state index in [1.54, 1.807) is 0 Å². The predicted molar refractivity (Wildman–Crippen MR) is 70.4 cm³/mol. The molecular weight excluding hydrogens is 230 g/mol. The van der Waals surface area contributed by atoms with Gasteiger partial charge >= 0.3 is 0 Å². The van der Waals surface area contributed by atoms with E-state index < -0.39 is 5.97 Å². The molecule has 0 bridgehead atoms. The molecule has 0 atom stereocenters. The van der Waals surface area contributed by atoms with Crippen molar-refractivity contribution >= 4 is 5.97 Å². The summed E-state index contributed by atoms with van der Waals surface area (Å²) in [5.74, 6) is -0.833. The zero-order valence-corrected chi connectivity index (χ0v) is 10.8. The molecule has 0 amide bonds. The van der Waals surface area contributed by atoms with Crippen LogP contribution in [0.1, 0.15) is 24.5 Å². The molecule has 0 saturated heterocycles. The second kappa shape index (κ2) is 7.84. The van der Waals surface area contributed by atoms with Gasteiger partial charge in [0, 0.05) is 33.2 Å². The van der Waals surface area contributed by atoms with Gasteiger partial charge in [-0.25, -0.2) is 0 Å². The fraction of sp³-hybridized carbons (Fsp3) is 0.500. The molecular formula is C14H21NO3. The quantitative estimate of drug-likeness (QED) is 0.855. The highest BCUT2D eigenvalue weighted by molar-refractivity contribution is 5.62. The Morgan fingerprint density at radius 3 is 2.56 bits per heavy atom. The van der Waals surface area contributed by atoms with Crippen LogP contribution >= 0.6 is 0 Å². The highest BCUT2D eigenvalue weighted by atomic mass is 16.4. The van der Waals surface area contributed by atoms with Gasteiger partial charge < -0.3 is 10.2 Å². The molecule has 2 rings (SSSR count). The van der Waals surface area contributed by atoms with E-state index in [-0.39, 0.29) is 0 Å². The first-order chi connectivity index (χ1) is 8.63. The Hall–Kier alpha value is -1.39. The van der Waals surface area contributed by atoms with E-state index in [4.69, 9.17) is 15.0 Å². The van der Waals surface area contributed by atoms with Crippen molar-refractivity contribution in [1.29, 1.82) is 0 Å². The fourth-order valence-electron chi connectivity index (χ4n) is 2.04. The lowest BCUT2D eigenvalue weighted by Gasteiger charge is -2.28. The van der Waals surface area contributed by atoms with E-state index in [0.29, 0.717) is 6.61 Å². The molecule has 0 aromatic heterocycles. The number of hydrogen-bond acceptors (Lipinski definition) is 3. The van der Waals surface area contributed by atoms with Crippen LogP contribution in [-0.4, -0.2) is 40.8 Å². The summed E-state index contributed by atoms with van der Waals surface area (Å²) in [7, 11) is 0. The van der Waals surface area contributed by atoms with Crippen molar-refractivity contribution < 1.29 is 15.0 Å². The molecule has 1 aliphatic heterocycles. The number of carboxylic acid groups (broad SMARTS) is 1. The van der Waals surface area contributed by atoms with Gasteiger partial charge in [-0.2, -0.15) is 0 Å². The Morgan fingerprint density at radius 1 is 1.33 bits per heavy atom. The lowest BCUT2D eigenvalue weighted by atomic mass is 10.00. The van der Waals surface area contributed by atoms with Crippen LogP contribution in [0.2, 0.25) is 0 Å². The third-order valence-electron chi connectivity index (χ3n) is 2.84. The number of fused-ring (bicyclic) bond motifs is 1. The summed E-state index contributed by atoms with van der Waals surface area (Å²) in [5.41, 5.74) is 2.95. The van der Waals surface area contributed by atoms with Crippen molar-refractivity contribution in [2.45, 2.75) is 26.3 Å². The van der Waals surface area contributed by atoms with Gasteiger partial charge in [-0.1, -0.05) is 24.3 Å². The molecule has 0 aliphatic carbocycles. The van der Waals surface area contributed by atoms with Crippen molar-refractivity contribution in [2.75, 3.05) is 19.7 Å². The Labute approximate surface area is 108 Å². The minimum atomic E-state index is -0.833. The topological polar surface area (TPSA) is 60.8 Å². The summed E-state index contributed by atoms with van der Waals surface area (Å²) in [6.07, 6.45) is 2.05. The smallest absolute Gasteiger partial charge is 0.300 e. The summed E-state index contributed by atoms with van der Waals surface area (Å²) in [6, 6.07) is 8.65. The normalized spacial score (nSPS) is 14.3. The van der Waals surface area contributed by atoms with Crippen LogP contribution < -0.4 is 0 Å². The van der Waals surface area contributed by atoms with Gasteiger partial charge in [-0.15, -0.1) is 0 Å². The summed E-state index contributed by atoms with van der Waals surface area (Å²) < 4.78 is 0. The number of benzene rings is 1. The maximum atomic E-state index is 9.00. The maximum absolute atomic E-state index is 9.00. The molecule has 4 heteroatoms. The molecule has 100 valence electrons. The van der Waals surface area contributed by atoms with E-state index in [9.17, 15) is 0 Å². The van der Waals surface area contributed by atoms with Gasteiger partial charge in [0.15, 0.2) is 0 Å². The van der Waals surface area contributed by atoms with Crippen LogP contribution in [0.3, 0.4) is 0 Å². The minimum absolute atomic E-state index is 0.304. The Kier molecular flexibility index (Phi) is 6.39. The second-order valence-corrected chi connectivity index (χ2v) is 4.39. The van der Waals surface area contributed by atoms with Crippen LogP contribution in [0.4, 0.5) is 0 Å². The lowest BCUT2D eigenvalue weighted by molar-refractivity contribution is -0.134. The molecule has 0 saturated carbocycles. The van der Waals surface area contributed by atoms with Crippen LogP contribution in [0.25, 0.3) is 0 Å². The number of aliphatic hydroxyl groups excluding tert-OH is 1. The SMILES string of the molecule is CC(=O)O.OCCCN1CCc2ccccc2C1. The van der Waals surface area contributed by atoms with Gasteiger partial charge in [-0.05, 0) is 24.0 Å². The van der Waals surface area contributed by atoms with E-state index in [2.05, 4.69) is 29.2 Å². The van der Waals surface area contributed by atoms with E-state index in [0.717, 1.165) is 39.4 Å². The highest BCUT2D eigenvalue weighted by Gasteiger charge is 2.14. The number of carboxylic acids is 1. The molecule has 0 spiro atoms. The summed E-state index contributed by atoms with van der Waals surface area (Å²) in [5, 5.41) is 16.2. The maximum Gasteiger partial charge on any atom is 0.300 e. The third-order valence-corrected chi connectivity index (χ3v) is 2.84. The molecule has 1 aromatic rings. The van der Waals surface area contributed by atoms with Crippen LogP contribution in [0, 0.1) is 0 Å². The molecule has 1 heterocycles. The monoisotopic (exact) mass is 251 g/mol. The minimum Gasteiger partial charge on any atom is -0.481 e. The average Bonchev–Trinajstić information content (AvgIpc) is 2.35. The third kappa shape index (κ3) is 5.29.